The average molecular weight is 194 g/mol. The number of rotatable bonds is 2. The summed E-state index contributed by atoms with van der Waals surface area (Å²) >= 11 is 1.59. The van der Waals surface area contributed by atoms with Gasteiger partial charge < -0.3 is 10.5 Å². The highest BCUT2D eigenvalue weighted by molar-refractivity contribution is 7.19. The number of nitrogens with two attached hydrogens (primary N) is 1. The smallest absolute Gasteiger partial charge is 0.120 e. The molecule has 2 N–H and O–H groups in total. The summed E-state index contributed by atoms with van der Waals surface area (Å²) in [5.41, 5.74) is 7.54. The molecule has 0 atom stereocenters. The number of thiazole rings is 1. The summed E-state index contributed by atoms with van der Waals surface area (Å²) in [4.78, 5) is 4.38. The maximum atomic E-state index is 5.80. The number of ether oxygens (including phenoxy) is 1. The topological polar surface area (TPSA) is 48.1 Å². The normalized spacial score (nSPS) is 10.8. The maximum absolute atomic E-state index is 5.80. The van der Waals surface area contributed by atoms with Gasteiger partial charge in [-0.1, -0.05) is 6.07 Å². The maximum Gasteiger partial charge on any atom is 0.120 e. The van der Waals surface area contributed by atoms with Gasteiger partial charge in [0.1, 0.15) is 5.01 Å². The first-order chi connectivity index (χ1) is 6.31. The van der Waals surface area contributed by atoms with Crippen molar-refractivity contribution >= 4 is 27.2 Å². The molecule has 0 saturated carbocycles. The number of methoxy groups -OCH3 is 1. The van der Waals surface area contributed by atoms with Crippen LogP contribution >= 0.6 is 11.3 Å². The Labute approximate surface area is 80.2 Å². The van der Waals surface area contributed by atoms with Crippen LogP contribution in [0.1, 0.15) is 5.01 Å². The monoisotopic (exact) mass is 194 g/mol. The molecule has 0 unspecified atom stereocenters. The number of hydrogen-bond acceptors (Lipinski definition) is 4. The molecule has 13 heavy (non-hydrogen) atoms. The van der Waals surface area contributed by atoms with Gasteiger partial charge in [-0.05, 0) is 12.1 Å². The molecule has 4 heteroatoms. The van der Waals surface area contributed by atoms with E-state index in [1.807, 2.05) is 18.2 Å². The number of nitrogens with zero attached hydrogens (tertiary/aromatic N) is 1. The van der Waals surface area contributed by atoms with Crippen LogP contribution in [0.2, 0.25) is 0 Å². The second kappa shape index (κ2) is 3.32. The molecule has 2 aromatic rings. The van der Waals surface area contributed by atoms with Crippen LogP contribution in [0.25, 0.3) is 10.2 Å². The Morgan fingerprint density at radius 2 is 2.38 bits per heavy atom. The van der Waals surface area contributed by atoms with Crippen molar-refractivity contribution in [3.63, 3.8) is 0 Å². The van der Waals surface area contributed by atoms with E-state index < -0.39 is 0 Å². The van der Waals surface area contributed by atoms with E-state index in [2.05, 4.69) is 4.98 Å². The van der Waals surface area contributed by atoms with Gasteiger partial charge in [-0.3, -0.25) is 0 Å². The quantitative estimate of drug-likeness (QED) is 0.744. The summed E-state index contributed by atoms with van der Waals surface area (Å²) in [6, 6.07) is 5.76. The summed E-state index contributed by atoms with van der Waals surface area (Å²) in [5, 5.41) is 0.968. The second-order valence-electron chi connectivity index (χ2n) is 2.74. The van der Waals surface area contributed by atoms with Gasteiger partial charge in [0, 0.05) is 7.11 Å². The minimum Gasteiger partial charge on any atom is -0.398 e. The Balaban J connectivity index is 2.55. The van der Waals surface area contributed by atoms with Crippen molar-refractivity contribution in [3.8, 4) is 0 Å². The zero-order chi connectivity index (χ0) is 9.26. The molecule has 0 aliphatic heterocycles. The lowest BCUT2D eigenvalue weighted by Gasteiger charge is -1.90. The molecule has 0 bridgehead atoms. The molecular weight excluding hydrogens is 184 g/mol. The number of anilines is 1. The minimum absolute atomic E-state index is 0.554. The van der Waals surface area contributed by atoms with Crippen molar-refractivity contribution < 1.29 is 4.74 Å². The zero-order valence-corrected chi connectivity index (χ0v) is 8.10. The third-order valence-electron chi connectivity index (χ3n) is 1.76. The first-order valence-electron chi connectivity index (χ1n) is 3.94. The highest BCUT2D eigenvalue weighted by Gasteiger charge is 2.04. The fourth-order valence-electron chi connectivity index (χ4n) is 1.20. The number of nitrogen functional groups attached to an aromatic ring is 1. The van der Waals surface area contributed by atoms with Gasteiger partial charge >= 0.3 is 0 Å². The van der Waals surface area contributed by atoms with Crippen molar-refractivity contribution in [3.05, 3.63) is 23.2 Å². The van der Waals surface area contributed by atoms with Crippen LogP contribution in [0.4, 0.5) is 5.69 Å². The number of hydrogen-bond donors (Lipinski definition) is 1. The molecule has 0 aliphatic carbocycles. The fourth-order valence-corrected chi connectivity index (χ4v) is 2.16. The molecule has 0 amide bonds. The largest absolute Gasteiger partial charge is 0.398 e. The molecule has 0 spiro atoms. The Kier molecular flexibility index (Phi) is 2.16. The highest BCUT2D eigenvalue weighted by atomic mass is 32.1. The van der Waals surface area contributed by atoms with Crippen molar-refractivity contribution in [1.29, 1.82) is 0 Å². The number of aromatic nitrogens is 1. The molecule has 0 radical (unpaired) electrons. The molecule has 0 saturated heterocycles. The lowest BCUT2D eigenvalue weighted by molar-refractivity contribution is 0.185. The van der Waals surface area contributed by atoms with Crippen LogP contribution in [0.15, 0.2) is 18.2 Å². The van der Waals surface area contributed by atoms with Crippen LogP contribution in [-0.4, -0.2) is 12.1 Å². The second-order valence-corrected chi connectivity index (χ2v) is 3.82. The Morgan fingerprint density at radius 3 is 3.08 bits per heavy atom. The van der Waals surface area contributed by atoms with Crippen LogP contribution in [0.5, 0.6) is 0 Å². The van der Waals surface area contributed by atoms with Gasteiger partial charge in [-0.25, -0.2) is 4.98 Å². The zero-order valence-electron chi connectivity index (χ0n) is 7.28. The summed E-state index contributed by atoms with van der Waals surface area (Å²) in [6.45, 7) is 0.554. The van der Waals surface area contributed by atoms with Gasteiger partial charge in [-0.2, -0.15) is 0 Å². The van der Waals surface area contributed by atoms with Crippen molar-refractivity contribution in [2.45, 2.75) is 6.61 Å². The lowest BCUT2D eigenvalue weighted by Crippen LogP contribution is -1.84. The Bertz CT molecular complexity index is 424. The Morgan fingerprint density at radius 1 is 1.54 bits per heavy atom. The van der Waals surface area contributed by atoms with E-state index in [-0.39, 0.29) is 0 Å². The SMILES string of the molecule is COCc1nc2cccc(N)c2s1. The molecule has 0 fully saturated rings. The van der Waals surface area contributed by atoms with Crippen LogP contribution < -0.4 is 5.73 Å². The van der Waals surface area contributed by atoms with Gasteiger partial charge in [0.05, 0.1) is 22.5 Å². The Hall–Kier alpha value is -1.13. The third-order valence-corrected chi connectivity index (χ3v) is 2.85. The standard InChI is InChI=1S/C9H10N2OS/c1-12-5-8-11-7-4-2-3-6(10)9(7)13-8/h2-4H,5,10H2,1H3. The third kappa shape index (κ3) is 1.50. The molecule has 68 valence electrons. The summed E-state index contributed by atoms with van der Waals surface area (Å²) in [7, 11) is 1.66. The molecule has 2 rings (SSSR count). The summed E-state index contributed by atoms with van der Waals surface area (Å²) in [5.74, 6) is 0. The van der Waals surface area contributed by atoms with E-state index in [0.717, 1.165) is 20.9 Å². The minimum atomic E-state index is 0.554. The van der Waals surface area contributed by atoms with Crippen molar-refractivity contribution in [1.82, 2.24) is 4.98 Å². The molecule has 3 nitrogen and oxygen atoms in total. The van der Waals surface area contributed by atoms with Gasteiger partial charge in [0.25, 0.3) is 0 Å². The molecule has 1 heterocycles. The first kappa shape index (κ1) is 8.47. The molecule has 1 aromatic heterocycles. The van der Waals surface area contributed by atoms with E-state index in [1.54, 1.807) is 18.4 Å². The van der Waals surface area contributed by atoms with E-state index in [9.17, 15) is 0 Å². The number of benzene rings is 1. The van der Waals surface area contributed by atoms with Crippen LogP contribution in [0.3, 0.4) is 0 Å². The highest BCUT2D eigenvalue weighted by Crippen LogP contribution is 2.27. The average Bonchev–Trinajstić information content (AvgIpc) is 2.49. The number of fused-ring (bicyclic) bond motifs is 1. The van der Waals surface area contributed by atoms with E-state index in [0.29, 0.717) is 6.61 Å². The van der Waals surface area contributed by atoms with Crippen molar-refractivity contribution in [2.24, 2.45) is 0 Å². The molecule has 0 aliphatic rings. The van der Waals surface area contributed by atoms with Gasteiger partial charge in [0.15, 0.2) is 0 Å². The molecular formula is C9H10N2OS. The van der Waals surface area contributed by atoms with E-state index >= 15 is 0 Å². The fraction of sp³-hybridized carbons (Fsp3) is 0.222. The first-order valence-corrected chi connectivity index (χ1v) is 4.76. The van der Waals surface area contributed by atoms with Crippen LogP contribution in [-0.2, 0) is 11.3 Å². The summed E-state index contributed by atoms with van der Waals surface area (Å²) < 4.78 is 6.05. The van der Waals surface area contributed by atoms with Crippen molar-refractivity contribution in [2.75, 3.05) is 12.8 Å². The van der Waals surface area contributed by atoms with Gasteiger partial charge in [-0.15, -0.1) is 11.3 Å². The molecule has 1 aromatic carbocycles. The predicted molar refractivity (Wildman–Crippen MR) is 54.7 cm³/mol. The van der Waals surface area contributed by atoms with E-state index in [4.69, 9.17) is 10.5 Å². The predicted octanol–water partition coefficient (Wildman–Crippen LogP) is 2.02. The van der Waals surface area contributed by atoms with Gasteiger partial charge in [0.2, 0.25) is 0 Å². The van der Waals surface area contributed by atoms with Crippen LogP contribution in [0, 0.1) is 0 Å². The van der Waals surface area contributed by atoms with E-state index in [1.165, 1.54) is 0 Å². The lowest BCUT2D eigenvalue weighted by atomic mass is 10.3. The summed E-state index contributed by atoms with van der Waals surface area (Å²) in [6.07, 6.45) is 0.